The van der Waals surface area contributed by atoms with Crippen molar-refractivity contribution in [3.05, 3.63) is 53.1 Å². The van der Waals surface area contributed by atoms with Gasteiger partial charge in [-0.25, -0.2) is 9.97 Å². The van der Waals surface area contributed by atoms with Crippen LogP contribution in [-0.2, 0) is 13.0 Å². The molecule has 4 rings (SSSR count). The molecule has 2 aromatic rings. The van der Waals surface area contributed by atoms with E-state index in [1.165, 1.54) is 6.42 Å². The van der Waals surface area contributed by atoms with Gasteiger partial charge in [-0.2, -0.15) is 0 Å². The molecule has 0 unspecified atom stereocenters. The van der Waals surface area contributed by atoms with Crippen LogP contribution in [0.3, 0.4) is 0 Å². The predicted molar refractivity (Wildman–Crippen MR) is 98.1 cm³/mol. The van der Waals surface area contributed by atoms with Crippen molar-refractivity contribution in [2.24, 2.45) is 0 Å². The maximum atomic E-state index is 13.0. The second kappa shape index (κ2) is 7.41. The summed E-state index contributed by atoms with van der Waals surface area (Å²) in [6.45, 7) is 4.71. The Kier molecular flexibility index (Phi) is 4.84. The van der Waals surface area contributed by atoms with Gasteiger partial charge in [-0.1, -0.05) is 12.1 Å². The first-order valence-corrected chi connectivity index (χ1v) is 9.35. The van der Waals surface area contributed by atoms with Gasteiger partial charge in [0.2, 0.25) is 0 Å². The molecule has 1 amide bonds. The van der Waals surface area contributed by atoms with Crippen molar-refractivity contribution >= 4 is 5.91 Å². The average Bonchev–Trinajstić information content (AvgIpc) is 3.22. The first-order valence-electron chi connectivity index (χ1n) is 9.35. The van der Waals surface area contributed by atoms with Crippen molar-refractivity contribution in [3.63, 3.8) is 0 Å². The highest BCUT2D eigenvalue weighted by atomic mass is 16.5. The number of amides is 1. The van der Waals surface area contributed by atoms with E-state index in [0.717, 1.165) is 36.5 Å². The van der Waals surface area contributed by atoms with Crippen LogP contribution in [0.25, 0.3) is 0 Å². The molecule has 26 heavy (non-hydrogen) atoms. The Morgan fingerprint density at radius 3 is 3.08 bits per heavy atom. The molecule has 0 spiro atoms. The maximum absolute atomic E-state index is 13.0. The normalized spacial score (nSPS) is 19.3. The van der Waals surface area contributed by atoms with Gasteiger partial charge in [-0.15, -0.1) is 0 Å². The minimum absolute atomic E-state index is 0.00114. The Labute approximate surface area is 153 Å². The summed E-state index contributed by atoms with van der Waals surface area (Å²) in [5.74, 6) is 1.54. The van der Waals surface area contributed by atoms with Gasteiger partial charge in [0.15, 0.2) is 0 Å². The highest BCUT2D eigenvalue weighted by Gasteiger charge is 2.26. The Bertz CT molecular complexity index is 802. The molecule has 1 N–H and O–H groups in total. The number of nitrogens with zero attached hydrogens (tertiary/aromatic N) is 3. The number of rotatable bonds is 4. The van der Waals surface area contributed by atoms with E-state index in [9.17, 15) is 4.79 Å². The maximum Gasteiger partial charge on any atom is 0.257 e. The summed E-state index contributed by atoms with van der Waals surface area (Å²) in [5, 5.41) is 3.44. The SMILES string of the molecule is CCOc1ccccc1C(=O)N1CCc2nc([C@H]3CCCN3)ncc2C1. The zero-order valence-electron chi connectivity index (χ0n) is 15.1. The van der Waals surface area contributed by atoms with E-state index in [4.69, 9.17) is 9.72 Å². The van der Waals surface area contributed by atoms with Crippen LogP contribution in [-0.4, -0.2) is 40.5 Å². The van der Waals surface area contributed by atoms with Gasteiger partial charge < -0.3 is 15.0 Å². The van der Waals surface area contributed by atoms with E-state index in [-0.39, 0.29) is 11.9 Å². The second-order valence-corrected chi connectivity index (χ2v) is 6.75. The zero-order valence-corrected chi connectivity index (χ0v) is 15.1. The number of hydrogen-bond donors (Lipinski definition) is 1. The molecule has 0 saturated carbocycles. The van der Waals surface area contributed by atoms with E-state index in [1.807, 2.05) is 42.3 Å². The first-order chi connectivity index (χ1) is 12.8. The van der Waals surface area contributed by atoms with Gasteiger partial charge in [0.05, 0.1) is 23.9 Å². The molecule has 2 aliphatic rings. The molecule has 136 valence electrons. The number of aromatic nitrogens is 2. The molecule has 1 atom stereocenters. The zero-order chi connectivity index (χ0) is 17.9. The van der Waals surface area contributed by atoms with Crippen LogP contribution in [0.1, 0.15) is 53.2 Å². The van der Waals surface area contributed by atoms with Crippen LogP contribution in [0.15, 0.2) is 30.5 Å². The van der Waals surface area contributed by atoms with Gasteiger partial charge in [-0.05, 0) is 38.4 Å². The average molecular weight is 352 g/mol. The summed E-state index contributed by atoms with van der Waals surface area (Å²) in [6.07, 6.45) is 4.93. The largest absolute Gasteiger partial charge is 0.493 e. The lowest BCUT2D eigenvalue weighted by atomic mass is 10.0. The summed E-state index contributed by atoms with van der Waals surface area (Å²) in [6, 6.07) is 7.71. The molecule has 1 saturated heterocycles. The predicted octanol–water partition coefficient (Wildman–Crippen LogP) is 2.50. The van der Waals surface area contributed by atoms with Crippen molar-refractivity contribution in [3.8, 4) is 5.75 Å². The highest BCUT2D eigenvalue weighted by Crippen LogP contribution is 2.26. The number of benzene rings is 1. The van der Waals surface area contributed by atoms with Crippen LogP contribution in [0.4, 0.5) is 0 Å². The summed E-state index contributed by atoms with van der Waals surface area (Å²) in [5.41, 5.74) is 2.73. The molecule has 0 bridgehead atoms. The van der Waals surface area contributed by atoms with Crippen molar-refractivity contribution in [2.45, 2.75) is 38.8 Å². The summed E-state index contributed by atoms with van der Waals surface area (Å²) in [7, 11) is 0. The third-order valence-electron chi connectivity index (χ3n) is 5.03. The van der Waals surface area contributed by atoms with Crippen molar-refractivity contribution in [1.29, 1.82) is 0 Å². The molecule has 1 fully saturated rings. The van der Waals surface area contributed by atoms with Gasteiger partial charge in [0.1, 0.15) is 11.6 Å². The topological polar surface area (TPSA) is 67.3 Å². The number of nitrogens with one attached hydrogen (secondary N) is 1. The molecule has 0 radical (unpaired) electrons. The smallest absolute Gasteiger partial charge is 0.257 e. The Hall–Kier alpha value is -2.47. The third-order valence-corrected chi connectivity index (χ3v) is 5.03. The van der Waals surface area contributed by atoms with Crippen LogP contribution < -0.4 is 10.1 Å². The Morgan fingerprint density at radius 2 is 2.27 bits per heavy atom. The molecule has 3 heterocycles. The van der Waals surface area contributed by atoms with Crippen LogP contribution in [0.5, 0.6) is 5.75 Å². The standard InChI is InChI=1S/C20H24N4O2/c1-2-26-18-8-4-3-6-15(18)20(25)24-11-9-16-14(13-24)12-22-19(23-16)17-7-5-10-21-17/h3-4,6,8,12,17,21H,2,5,7,9-11,13H2,1H3/t17-/m1/s1. The number of carbonyl (C=O) groups excluding carboxylic acids is 1. The quantitative estimate of drug-likeness (QED) is 0.916. The van der Waals surface area contributed by atoms with Gasteiger partial charge >= 0.3 is 0 Å². The van der Waals surface area contributed by atoms with Crippen LogP contribution >= 0.6 is 0 Å². The number of carbonyl (C=O) groups is 1. The Morgan fingerprint density at radius 1 is 1.38 bits per heavy atom. The van der Waals surface area contributed by atoms with Gasteiger partial charge in [-0.3, -0.25) is 4.79 Å². The molecule has 6 heteroatoms. The second-order valence-electron chi connectivity index (χ2n) is 6.75. The minimum atomic E-state index is 0.00114. The van der Waals surface area contributed by atoms with Crippen molar-refractivity contribution in [1.82, 2.24) is 20.2 Å². The molecule has 1 aromatic heterocycles. The molecule has 2 aliphatic heterocycles. The lowest BCUT2D eigenvalue weighted by Gasteiger charge is -2.29. The van der Waals surface area contributed by atoms with Gasteiger partial charge in [0.25, 0.3) is 5.91 Å². The van der Waals surface area contributed by atoms with Crippen LogP contribution in [0, 0.1) is 0 Å². The lowest BCUT2D eigenvalue weighted by Crippen LogP contribution is -2.37. The fourth-order valence-corrected chi connectivity index (χ4v) is 3.67. The van der Waals surface area contributed by atoms with E-state index in [1.54, 1.807) is 0 Å². The van der Waals surface area contributed by atoms with Crippen LogP contribution in [0.2, 0.25) is 0 Å². The van der Waals surface area contributed by atoms with Gasteiger partial charge in [0, 0.05) is 31.3 Å². The number of fused-ring (bicyclic) bond motifs is 1. The number of para-hydroxylation sites is 1. The van der Waals surface area contributed by atoms with Crippen molar-refractivity contribution < 1.29 is 9.53 Å². The summed E-state index contributed by atoms with van der Waals surface area (Å²) >= 11 is 0. The minimum Gasteiger partial charge on any atom is -0.493 e. The first kappa shape index (κ1) is 17.0. The molecule has 6 nitrogen and oxygen atoms in total. The number of hydrogen-bond acceptors (Lipinski definition) is 5. The molecule has 0 aliphatic carbocycles. The molecule has 1 aromatic carbocycles. The monoisotopic (exact) mass is 352 g/mol. The van der Waals surface area contributed by atoms with E-state index in [2.05, 4.69) is 10.3 Å². The highest BCUT2D eigenvalue weighted by molar-refractivity contribution is 5.97. The fraction of sp³-hybridized carbons (Fsp3) is 0.450. The van der Waals surface area contributed by atoms with E-state index < -0.39 is 0 Å². The lowest BCUT2D eigenvalue weighted by molar-refractivity contribution is 0.0729. The Balaban J connectivity index is 1.52. The molecular weight excluding hydrogens is 328 g/mol. The summed E-state index contributed by atoms with van der Waals surface area (Å²) in [4.78, 5) is 24.2. The molecular formula is C20H24N4O2. The van der Waals surface area contributed by atoms with E-state index >= 15 is 0 Å². The van der Waals surface area contributed by atoms with E-state index in [0.29, 0.717) is 31.0 Å². The van der Waals surface area contributed by atoms with Crippen molar-refractivity contribution in [2.75, 3.05) is 19.7 Å². The number of ether oxygens (including phenoxy) is 1. The third kappa shape index (κ3) is 3.29. The fourth-order valence-electron chi connectivity index (χ4n) is 3.67. The summed E-state index contributed by atoms with van der Waals surface area (Å²) < 4.78 is 5.61.